The van der Waals surface area contributed by atoms with Crippen LogP contribution in [0.3, 0.4) is 0 Å². The lowest BCUT2D eigenvalue weighted by atomic mass is 10.2. The van der Waals surface area contributed by atoms with Crippen molar-refractivity contribution in [3.8, 4) is 11.5 Å². The van der Waals surface area contributed by atoms with Crippen LogP contribution in [0.2, 0.25) is 0 Å². The Labute approximate surface area is 117 Å². The number of rotatable bonds is 5. The first kappa shape index (κ1) is 14.5. The molecular weight excluding hydrogens is 260 g/mol. The zero-order chi connectivity index (χ0) is 14.5. The molecule has 2 nitrogen and oxygen atoms in total. The minimum atomic E-state index is -0.973. The Morgan fingerprint density at radius 2 is 1.70 bits per heavy atom. The van der Waals surface area contributed by atoms with Gasteiger partial charge in [-0.25, -0.2) is 4.39 Å². The van der Waals surface area contributed by atoms with Gasteiger partial charge in [0.25, 0.3) is 0 Å². The third-order valence-corrected chi connectivity index (χ3v) is 2.81. The Kier molecular flexibility index (Phi) is 4.69. The Hall–Kier alpha value is -1.94. The van der Waals surface area contributed by atoms with Gasteiger partial charge in [0.15, 0.2) is 11.6 Å². The molecule has 106 valence electrons. The fraction of sp³-hybridized carbons (Fsp3) is 0.250. The molecule has 0 amide bonds. The summed E-state index contributed by atoms with van der Waals surface area (Å²) in [5.74, 6) is -1.48. The van der Waals surface area contributed by atoms with E-state index in [4.69, 9.17) is 4.74 Å². The summed E-state index contributed by atoms with van der Waals surface area (Å²) in [6, 6.07) is 11.5. The van der Waals surface area contributed by atoms with Gasteiger partial charge in [-0.15, -0.1) is 0 Å². The van der Waals surface area contributed by atoms with Gasteiger partial charge < -0.3 is 10.1 Å². The monoisotopic (exact) mass is 277 g/mol. The quantitative estimate of drug-likeness (QED) is 0.882. The minimum Gasteiger partial charge on any atom is -0.454 e. The minimum absolute atomic E-state index is 0.109. The van der Waals surface area contributed by atoms with Crippen LogP contribution < -0.4 is 10.1 Å². The number of benzene rings is 2. The molecule has 0 atom stereocenters. The summed E-state index contributed by atoms with van der Waals surface area (Å²) in [6.07, 6.45) is 0. The molecule has 20 heavy (non-hydrogen) atoms. The van der Waals surface area contributed by atoms with Crippen molar-refractivity contribution in [2.45, 2.75) is 26.4 Å². The Bertz CT molecular complexity index is 584. The smallest absolute Gasteiger partial charge is 0.201 e. The van der Waals surface area contributed by atoms with Crippen molar-refractivity contribution in [2.24, 2.45) is 0 Å². The Balaban J connectivity index is 2.22. The molecule has 2 aromatic carbocycles. The molecular formula is C16H17F2NO. The summed E-state index contributed by atoms with van der Waals surface area (Å²) in [7, 11) is 0. The highest BCUT2D eigenvalue weighted by Crippen LogP contribution is 2.28. The van der Waals surface area contributed by atoms with E-state index in [1.54, 1.807) is 12.1 Å². The number of nitrogens with one attached hydrogen (secondary N) is 1. The van der Waals surface area contributed by atoms with E-state index >= 15 is 0 Å². The molecule has 0 heterocycles. The van der Waals surface area contributed by atoms with Gasteiger partial charge in [-0.3, -0.25) is 0 Å². The predicted molar refractivity (Wildman–Crippen MR) is 74.8 cm³/mol. The summed E-state index contributed by atoms with van der Waals surface area (Å²) in [5, 5.41) is 3.27. The zero-order valence-corrected chi connectivity index (χ0v) is 11.5. The Morgan fingerprint density at radius 3 is 2.45 bits per heavy atom. The van der Waals surface area contributed by atoms with Crippen LogP contribution in [-0.2, 0) is 6.54 Å². The predicted octanol–water partition coefficient (Wildman–Crippen LogP) is 4.26. The van der Waals surface area contributed by atoms with Crippen molar-refractivity contribution in [3.63, 3.8) is 0 Å². The summed E-state index contributed by atoms with van der Waals surface area (Å²) in [4.78, 5) is 0. The average molecular weight is 277 g/mol. The van der Waals surface area contributed by atoms with Gasteiger partial charge in [0, 0.05) is 18.2 Å². The average Bonchev–Trinajstić information content (AvgIpc) is 2.43. The summed E-state index contributed by atoms with van der Waals surface area (Å²) < 4.78 is 32.3. The number of halogens is 2. The van der Waals surface area contributed by atoms with Gasteiger partial charge in [-0.1, -0.05) is 38.1 Å². The molecule has 0 spiro atoms. The van der Waals surface area contributed by atoms with E-state index in [1.807, 2.05) is 26.0 Å². The van der Waals surface area contributed by atoms with Crippen molar-refractivity contribution < 1.29 is 13.5 Å². The van der Waals surface area contributed by atoms with Gasteiger partial charge in [0.1, 0.15) is 5.75 Å². The highest BCUT2D eigenvalue weighted by Gasteiger charge is 2.11. The molecule has 0 radical (unpaired) electrons. The molecule has 0 aliphatic rings. The molecule has 0 aromatic heterocycles. The van der Waals surface area contributed by atoms with Crippen LogP contribution in [-0.4, -0.2) is 6.04 Å². The van der Waals surface area contributed by atoms with Crippen molar-refractivity contribution in [1.82, 2.24) is 5.32 Å². The number of ether oxygens (including phenoxy) is 1. The topological polar surface area (TPSA) is 21.3 Å². The lowest BCUT2D eigenvalue weighted by Crippen LogP contribution is -2.22. The molecule has 4 heteroatoms. The van der Waals surface area contributed by atoms with E-state index in [0.717, 1.165) is 11.6 Å². The number of hydrogen-bond donors (Lipinski definition) is 1. The lowest BCUT2D eigenvalue weighted by molar-refractivity contribution is 0.411. The molecule has 0 fully saturated rings. The summed E-state index contributed by atoms with van der Waals surface area (Å²) in [6.45, 7) is 4.68. The van der Waals surface area contributed by atoms with Crippen LogP contribution in [0.4, 0.5) is 8.78 Å². The van der Waals surface area contributed by atoms with Crippen molar-refractivity contribution in [1.29, 1.82) is 0 Å². The highest BCUT2D eigenvalue weighted by molar-refractivity contribution is 5.38. The van der Waals surface area contributed by atoms with Crippen molar-refractivity contribution in [3.05, 3.63) is 59.7 Å². The second kappa shape index (κ2) is 6.48. The van der Waals surface area contributed by atoms with E-state index < -0.39 is 11.6 Å². The van der Waals surface area contributed by atoms with Gasteiger partial charge in [0.2, 0.25) is 5.82 Å². The number of para-hydroxylation sites is 1. The SMILES string of the molecule is CC(C)NCc1ccccc1Oc1cccc(F)c1F. The first-order valence-electron chi connectivity index (χ1n) is 6.51. The highest BCUT2D eigenvalue weighted by atomic mass is 19.2. The van der Waals surface area contributed by atoms with Crippen LogP contribution in [0.15, 0.2) is 42.5 Å². The maximum absolute atomic E-state index is 13.6. The molecule has 2 aromatic rings. The standard InChI is InChI=1S/C16H17F2NO/c1-11(2)19-10-12-6-3-4-8-14(12)20-15-9-5-7-13(17)16(15)18/h3-9,11,19H,10H2,1-2H3. The first-order valence-corrected chi connectivity index (χ1v) is 6.51. The molecule has 0 unspecified atom stereocenters. The normalized spacial score (nSPS) is 10.8. The van der Waals surface area contributed by atoms with E-state index in [0.29, 0.717) is 18.3 Å². The van der Waals surface area contributed by atoms with E-state index in [-0.39, 0.29) is 5.75 Å². The second-order valence-electron chi connectivity index (χ2n) is 4.80. The molecule has 2 rings (SSSR count). The molecule has 0 bridgehead atoms. The Morgan fingerprint density at radius 1 is 1.00 bits per heavy atom. The number of hydrogen-bond acceptors (Lipinski definition) is 2. The van der Waals surface area contributed by atoms with Crippen molar-refractivity contribution in [2.75, 3.05) is 0 Å². The first-order chi connectivity index (χ1) is 9.58. The fourth-order valence-electron chi connectivity index (χ4n) is 1.74. The van der Waals surface area contributed by atoms with E-state index in [1.165, 1.54) is 12.1 Å². The largest absolute Gasteiger partial charge is 0.454 e. The van der Waals surface area contributed by atoms with Crippen LogP contribution >= 0.6 is 0 Å². The molecule has 0 aliphatic heterocycles. The van der Waals surface area contributed by atoms with Crippen LogP contribution in [0.5, 0.6) is 11.5 Å². The van der Waals surface area contributed by atoms with Gasteiger partial charge in [0.05, 0.1) is 0 Å². The van der Waals surface area contributed by atoms with Crippen LogP contribution in [0.25, 0.3) is 0 Å². The third kappa shape index (κ3) is 3.54. The zero-order valence-electron chi connectivity index (χ0n) is 11.5. The summed E-state index contributed by atoms with van der Waals surface area (Å²) in [5.41, 5.74) is 0.893. The van der Waals surface area contributed by atoms with Crippen LogP contribution in [0, 0.1) is 11.6 Å². The van der Waals surface area contributed by atoms with Gasteiger partial charge in [-0.2, -0.15) is 4.39 Å². The maximum atomic E-state index is 13.6. The van der Waals surface area contributed by atoms with Crippen LogP contribution in [0.1, 0.15) is 19.4 Å². The summed E-state index contributed by atoms with van der Waals surface area (Å²) >= 11 is 0. The molecule has 0 saturated heterocycles. The second-order valence-corrected chi connectivity index (χ2v) is 4.80. The fourth-order valence-corrected chi connectivity index (χ4v) is 1.74. The van der Waals surface area contributed by atoms with Crippen molar-refractivity contribution >= 4 is 0 Å². The molecule has 0 saturated carbocycles. The van der Waals surface area contributed by atoms with Gasteiger partial charge >= 0.3 is 0 Å². The van der Waals surface area contributed by atoms with E-state index in [2.05, 4.69) is 5.32 Å². The molecule has 1 N–H and O–H groups in total. The van der Waals surface area contributed by atoms with E-state index in [9.17, 15) is 8.78 Å². The maximum Gasteiger partial charge on any atom is 0.201 e. The lowest BCUT2D eigenvalue weighted by Gasteiger charge is -2.13. The molecule has 0 aliphatic carbocycles. The van der Waals surface area contributed by atoms with Gasteiger partial charge in [-0.05, 0) is 18.2 Å². The third-order valence-electron chi connectivity index (χ3n) is 2.81.